The van der Waals surface area contributed by atoms with Crippen molar-refractivity contribution in [2.75, 3.05) is 18.5 Å². The third-order valence-electron chi connectivity index (χ3n) is 2.00. The van der Waals surface area contributed by atoms with E-state index in [1.807, 2.05) is 23.2 Å². The number of nitrogens with zero attached hydrogens (tertiary/aromatic N) is 1. The van der Waals surface area contributed by atoms with Gasteiger partial charge in [0.25, 0.3) is 0 Å². The second-order valence-corrected chi connectivity index (χ2v) is 3.70. The van der Waals surface area contributed by atoms with E-state index in [0.29, 0.717) is 10.0 Å². The summed E-state index contributed by atoms with van der Waals surface area (Å²) in [5.41, 5.74) is 3.96. The summed E-state index contributed by atoms with van der Waals surface area (Å²) in [5.74, 6) is 0. The summed E-state index contributed by atoms with van der Waals surface area (Å²) in [4.78, 5) is 0. The Balaban J connectivity index is 2.84. The van der Waals surface area contributed by atoms with E-state index in [1.54, 1.807) is 0 Å². The predicted octanol–water partition coefficient (Wildman–Crippen LogP) is 3.50. The lowest BCUT2D eigenvalue weighted by Gasteiger charge is -2.11. The first-order valence-electron chi connectivity index (χ1n) is 4.64. The van der Waals surface area contributed by atoms with Crippen molar-refractivity contribution in [1.29, 1.82) is 0 Å². The normalized spacial score (nSPS) is 10.6. The number of anilines is 1. The third kappa shape index (κ3) is 2.77. The molecular weight excluding hydrogens is 219 g/mol. The van der Waals surface area contributed by atoms with Crippen LogP contribution in [-0.2, 0) is 0 Å². The molecule has 0 aliphatic heterocycles. The second-order valence-electron chi connectivity index (χ2n) is 2.88. The maximum absolute atomic E-state index is 6.01. The topological polar surface area (TPSA) is 17.9 Å². The lowest BCUT2D eigenvalue weighted by Crippen LogP contribution is -2.35. The molecule has 1 aromatic rings. The summed E-state index contributed by atoms with van der Waals surface area (Å²) < 4.78 is 0. The van der Waals surface area contributed by atoms with Crippen LogP contribution in [0.4, 0.5) is 5.69 Å². The van der Waals surface area contributed by atoms with Gasteiger partial charge in [0.2, 0.25) is 0 Å². The Bertz CT molecular complexity index is 278. The zero-order valence-corrected chi connectivity index (χ0v) is 9.86. The Morgan fingerprint density at radius 1 is 1.14 bits per heavy atom. The van der Waals surface area contributed by atoms with Gasteiger partial charge in [0, 0.05) is 0 Å². The number of nitrogens with one attached hydrogen (secondary N) is 1. The second kappa shape index (κ2) is 5.44. The third-order valence-corrected chi connectivity index (χ3v) is 2.63. The minimum atomic E-state index is 0.643. The molecule has 1 aromatic carbocycles. The monoisotopic (exact) mass is 232 g/mol. The fraction of sp³-hybridized carbons (Fsp3) is 0.400. The zero-order valence-electron chi connectivity index (χ0n) is 8.35. The number of benzene rings is 1. The highest BCUT2D eigenvalue weighted by Crippen LogP contribution is 2.29. The molecule has 0 fully saturated rings. The van der Waals surface area contributed by atoms with Gasteiger partial charge in [0.15, 0.2) is 0 Å². The molecule has 0 aromatic heterocycles. The molecule has 1 N–H and O–H groups in total. The van der Waals surface area contributed by atoms with Crippen LogP contribution in [0.2, 0.25) is 10.0 Å². The molecule has 0 amide bonds. The quantitative estimate of drug-likeness (QED) is 0.622. The molecule has 0 aliphatic rings. The molecule has 0 saturated heterocycles. The largest absolute Gasteiger partial charge is 0.184 e. The molecule has 0 heterocycles. The maximum atomic E-state index is 6.01. The lowest BCUT2D eigenvalue weighted by atomic mass is 10.3. The van der Waals surface area contributed by atoms with Crippen molar-refractivity contribution >= 4 is 28.9 Å². The van der Waals surface area contributed by atoms with E-state index in [9.17, 15) is 0 Å². The first-order valence-corrected chi connectivity index (χ1v) is 5.40. The van der Waals surface area contributed by atoms with E-state index >= 15 is 0 Å². The molecule has 1 rings (SSSR count). The average molecular weight is 233 g/mol. The minimum absolute atomic E-state index is 0.643. The van der Waals surface area contributed by atoms with E-state index in [4.69, 9.17) is 23.2 Å². The fourth-order valence-corrected chi connectivity index (χ4v) is 1.63. The highest BCUT2D eigenvalue weighted by molar-refractivity contribution is 6.39. The molecule has 1 radical (unpaired) electrons. The molecule has 2 nitrogen and oxygen atoms in total. The number of para-hydroxylation sites is 1. The number of rotatable bonds is 4. The molecular formula is C10H14Cl2N2+. The summed E-state index contributed by atoms with van der Waals surface area (Å²) in [7, 11) is 0. The summed E-state index contributed by atoms with van der Waals surface area (Å²) >= 11 is 12.0. The lowest BCUT2D eigenvalue weighted by molar-refractivity contribution is 0.517. The van der Waals surface area contributed by atoms with Crippen molar-refractivity contribution in [3.05, 3.63) is 28.2 Å². The van der Waals surface area contributed by atoms with E-state index in [1.165, 1.54) is 0 Å². The van der Waals surface area contributed by atoms with Gasteiger partial charge in [-0.2, -0.15) is 5.43 Å². The van der Waals surface area contributed by atoms with Gasteiger partial charge in [-0.15, -0.1) is 0 Å². The van der Waals surface area contributed by atoms with Crippen molar-refractivity contribution in [2.24, 2.45) is 0 Å². The first kappa shape index (κ1) is 11.6. The Labute approximate surface area is 94.8 Å². The number of halogens is 2. The van der Waals surface area contributed by atoms with E-state index in [-0.39, 0.29) is 0 Å². The van der Waals surface area contributed by atoms with E-state index in [2.05, 4.69) is 19.3 Å². The van der Waals surface area contributed by atoms with Crippen LogP contribution in [0.25, 0.3) is 0 Å². The highest BCUT2D eigenvalue weighted by atomic mass is 35.5. The predicted molar refractivity (Wildman–Crippen MR) is 63.3 cm³/mol. The smallest absolute Gasteiger partial charge is 0.147 e. The van der Waals surface area contributed by atoms with Crippen LogP contribution in [0.1, 0.15) is 13.8 Å². The van der Waals surface area contributed by atoms with Crippen LogP contribution in [0.3, 0.4) is 0 Å². The van der Waals surface area contributed by atoms with Crippen LogP contribution in [0, 0.1) is 0 Å². The highest BCUT2D eigenvalue weighted by Gasteiger charge is 2.14. The van der Waals surface area contributed by atoms with Crippen molar-refractivity contribution in [2.45, 2.75) is 13.8 Å². The number of hydrogen-bond acceptors (Lipinski definition) is 2. The molecule has 0 saturated carbocycles. The summed E-state index contributed by atoms with van der Waals surface area (Å²) in [6, 6.07) is 5.47. The molecule has 0 bridgehead atoms. The standard InChI is InChI=1S/C10H14Cl2N2/c1-3-14(4-2)13-10-8(11)6-5-7-9(10)12/h5-7,13H,3-4H2,1-2H3/q+1. The Morgan fingerprint density at radius 2 is 1.64 bits per heavy atom. The number of hydrazine groups is 1. The zero-order chi connectivity index (χ0) is 10.6. The Morgan fingerprint density at radius 3 is 2.07 bits per heavy atom. The van der Waals surface area contributed by atoms with Crippen LogP contribution < -0.4 is 10.4 Å². The Hall–Kier alpha value is -0.440. The van der Waals surface area contributed by atoms with Crippen molar-refractivity contribution in [3.8, 4) is 0 Å². The SMILES string of the molecule is CC[N+](CC)Nc1c(Cl)cccc1Cl. The van der Waals surface area contributed by atoms with Gasteiger partial charge in [0.05, 0.1) is 10.0 Å². The molecule has 77 valence electrons. The molecule has 0 unspecified atom stereocenters. The van der Waals surface area contributed by atoms with Crippen molar-refractivity contribution in [3.63, 3.8) is 0 Å². The van der Waals surface area contributed by atoms with Crippen LogP contribution in [0.15, 0.2) is 18.2 Å². The molecule has 14 heavy (non-hydrogen) atoms. The van der Waals surface area contributed by atoms with Gasteiger partial charge in [-0.25, -0.2) is 0 Å². The van der Waals surface area contributed by atoms with Gasteiger partial charge in [-0.05, 0) is 26.0 Å². The average Bonchev–Trinajstić information content (AvgIpc) is 2.18. The summed E-state index contributed by atoms with van der Waals surface area (Å²) in [5, 5.41) is 3.32. The summed E-state index contributed by atoms with van der Waals surface area (Å²) in [6.45, 7) is 5.94. The van der Waals surface area contributed by atoms with Gasteiger partial charge >= 0.3 is 0 Å². The summed E-state index contributed by atoms with van der Waals surface area (Å²) in [6.07, 6.45) is 0. The Kier molecular flexibility index (Phi) is 4.52. The van der Waals surface area contributed by atoms with Crippen LogP contribution in [-0.4, -0.2) is 13.1 Å². The van der Waals surface area contributed by atoms with Gasteiger partial charge in [0.1, 0.15) is 18.8 Å². The van der Waals surface area contributed by atoms with Gasteiger partial charge < -0.3 is 0 Å². The van der Waals surface area contributed by atoms with Crippen molar-refractivity contribution in [1.82, 2.24) is 5.01 Å². The van der Waals surface area contributed by atoms with Crippen molar-refractivity contribution < 1.29 is 0 Å². The fourth-order valence-electron chi connectivity index (χ4n) is 1.14. The molecule has 0 aliphatic carbocycles. The molecule has 0 spiro atoms. The minimum Gasteiger partial charge on any atom is -0.184 e. The van der Waals surface area contributed by atoms with E-state index < -0.39 is 0 Å². The molecule has 0 atom stereocenters. The van der Waals surface area contributed by atoms with Crippen LogP contribution in [0.5, 0.6) is 0 Å². The van der Waals surface area contributed by atoms with Gasteiger partial charge in [-0.1, -0.05) is 34.3 Å². The first-order chi connectivity index (χ1) is 6.69. The maximum Gasteiger partial charge on any atom is 0.147 e. The van der Waals surface area contributed by atoms with E-state index in [0.717, 1.165) is 18.8 Å². The van der Waals surface area contributed by atoms with Crippen LogP contribution >= 0.6 is 23.2 Å². The van der Waals surface area contributed by atoms with Gasteiger partial charge in [-0.3, -0.25) is 0 Å². The molecule has 4 heteroatoms. The number of hydrogen-bond donors (Lipinski definition) is 1.